The minimum absolute atomic E-state index is 0.297. The predicted octanol–water partition coefficient (Wildman–Crippen LogP) is 5.65. The van der Waals surface area contributed by atoms with Crippen LogP contribution in [-0.2, 0) is 12.8 Å². The first-order valence-corrected chi connectivity index (χ1v) is 8.81. The van der Waals surface area contributed by atoms with Crippen LogP contribution in [0.25, 0.3) is 0 Å². The standard InChI is InChI=1S/C17H15BrCl2O/c18-10-13(15-3-1-2-4-16(15)20)7-12-9-14(19)8-11-5-6-21-17(11)12/h1-4,8-9,13H,5-7,10H2. The number of halogens is 3. The third-order valence-electron chi connectivity index (χ3n) is 3.82. The molecular formula is C17H15BrCl2O. The molecule has 110 valence electrons. The van der Waals surface area contributed by atoms with Crippen LogP contribution < -0.4 is 4.74 Å². The minimum Gasteiger partial charge on any atom is -0.493 e. The largest absolute Gasteiger partial charge is 0.493 e. The van der Waals surface area contributed by atoms with Gasteiger partial charge < -0.3 is 4.74 Å². The van der Waals surface area contributed by atoms with Gasteiger partial charge in [-0.15, -0.1) is 0 Å². The summed E-state index contributed by atoms with van der Waals surface area (Å²) in [6.45, 7) is 0.744. The van der Waals surface area contributed by atoms with Crippen LogP contribution in [0.4, 0.5) is 0 Å². The third-order valence-corrected chi connectivity index (χ3v) is 5.17. The summed E-state index contributed by atoms with van der Waals surface area (Å²) in [6, 6.07) is 12.0. The van der Waals surface area contributed by atoms with Crippen LogP contribution in [0.15, 0.2) is 36.4 Å². The molecule has 1 aliphatic rings. The average Bonchev–Trinajstić information content (AvgIpc) is 2.93. The highest BCUT2D eigenvalue weighted by atomic mass is 79.9. The third kappa shape index (κ3) is 3.23. The van der Waals surface area contributed by atoms with Crippen LogP contribution in [0.1, 0.15) is 22.6 Å². The molecule has 21 heavy (non-hydrogen) atoms. The van der Waals surface area contributed by atoms with Crippen LogP contribution in [-0.4, -0.2) is 11.9 Å². The number of rotatable bonds is 4. The molecule has 1 atom stereocenters. The topological polar surface area (TPSA) is 9.23 Å². The quantitative estimate of drug-likeness (QED) is 0.618. The first kappa shape index (κ1) is 15.2. The summed E-state index contributed by atoms with van der Waals surface area (Å²) in [5, 5.41) is 2.43. The summed E-state index contributed by atoms with van der Waals surface area (Å²) in [5.74, 6) is 1.31. The Morgan fingerprint density at radius 1 is 1.19 bits per heavy atom. The van der Waals surface area contributed by atoms with Crippen LogP contribution in [0, 0.1) is 0 Å². The molecule has 0 amide bonds. The zero-order valence-corrected chi connectivity index (χ0v) is 14.5. The number of hydrogen-bond donors (Lipinski definition) is 0. The van der Waals surface area contributed by atoms with E-state index < -0.39 is 0 Å². The number of ether oxygens (including phenoxy) is 1. The molecule has 0 radical (unpaired) electrons. The fourth-order valence-corrected chi connectivity index (χ4v) is 3.95. The number of alkyl halides is 1. The molecule has 1 aliphatic heterocycles. The predicted molar refractivity (Wildman–Crippen MR) is 92.3 cm³/mol. The monoisotopic (exact) mass is 384 g/mol. The Balaban J connectivity index is 1.94. The van der Waals surface area contributed by atoms with E-state index in [0.717, 1.165) is 46.1 Å². The van der Waals surface area contributed by atoms with Crippen LogP contribution in [0.3, 0.4) is 0 Å². The summed E-state index contributed by atoms with van der Waals surface area (Å²) in [5.41, 5.74) is 3.53. The maximum absolute atomic E-state index is 6.33. The van der Waals surface area contributed by atoms with Crippen molar-refractivity contribution in [3.8, 4) is 5.75 Å². The maximum atomic E-state index is 6.33. The molecule has 0 aliphatic carbocycles. The molecule has 1 nitrogen and oxygen atoms in total. The van der Waals surface area contributed by atoms with E-state index in [0.29, 0.717) is 5.92 Å². The Labute approximate surface area is 143 Å². The summed E-state index contributed by atoms with van der Waals surface area (Å²) < 4.78 is 5.79. The van der Waals surface area contributed by atoms with Crippen molar-refractivity contribution in [3.63, 3.8) is 0 Å². The van der Waals surface area contributed by atoms with Crippen molar-refractivity contribution in [2.75, 3.05) is 11.9 Å². The molecule has 4 heteroatoms. The van der Waals surface area contributed by atoms with Crippen LogP contribution >= 0.6 is 39.1 Å². The molecule has 1 heterocycles. The van der Waals surface area contributed by atoms with E-state index in [1.807, 2.05) is 30.3 Å². The van der Waals surface area contributed by atoms with Gasteiger partial charge in [0.15, 0.2) is 0 Å². The zero-order valence-electron chi connectivity index (χ0n) is 11.4. The highest BCUT2D eigenvalue weighted by Crippen LogP contribution is 2.37. The van der Waals surface area contributed by atoms with Gasteiger partial charge in [0.05, 0.1) is 6.61 Å². The van der Waals surface area contributed by atoms with Crippen LogP contribution in [0.5, 0.6) is 5.75 Å². The Bertz CT molecular complexity index is 657. The van der Waals surface area contributed by atoms with Crippen molar-refractivity contribution < 1.29 is 4.74 Å². The maximum Gasteiger partial charge on any atom is 0.125 e. The Morgan fingerprint density at radius 2 is 2.00 bits per heavy atom. The molecule has 0 aromatic heterocycles. The molecule has 0 spiro atoms. The van der Waals surface area contributed by atoms with Gasteiger partial charge in [0.1, 0.15) is 5.75 Å². The van der Waals surface area contributed by atoms with Gasteiger partial charge in [0.25, 0.3) is 0 Å². The van der Waals surface area contributed by atoms with Crippen molar-refractivity contribution in [1.29, 1.82) is 0 Å². The van der Waals surface area contributed by atoms with Crippen LogP contribution in [0.2, 0.25) is 10.0 Å². The SMILES string of the molecule is Clc1cc2c(c(CC(CBr)c3ccccc3Cl)c1)OCC2. The molecule has 1 unspecified atom stereocenters. The molecule has 0 saturated carbocycles. The second-order valence-corrected chi connectivity index (χ2v) is 6.72. The molecule has 0 N–H and O–H groups in total. The van der Waals surface area contributed by atoms with E-state index >= 15 is 0 Å². The molecular weight excluding hydrogens is 371 g/mol. The minimum atomic E-state index is 0.297. The van der Waals surface area contributed by atoms with Gasteiger partial charge >= 0.3 is 0 Å². The van der Waals surface area contributed by atoms with Gasteiger partial charge in [-0.25, -0.2) is 0 Å². The zero-order chi connectivity index (χ0) is 14.8. The van der Waals surface area contributed by atoms with Crippen molar-refractivity contribution in [2.24, 2.45) is 0 Å². The summed E-state index contributed by atoms with van der Waals surface area (Å²) in [6.07, 6.45) is 1.80. The van der Waals surface area contributed by atoms with E-state index in [2.05, 4.69) is 22.0 Å². The van der Waals surface area contributed by atoms with Gasteiger partial charge in [-0.3, -0.25) is 0 Å². The molecule has 0 bridgehead atoms. The average molecular weight is 386 g/mol. The van der Waals surface area contributed by atoms with Gasteiger partial charge in [0.2, 0.25) is 0 Å². The van der Waals surface area contributed by atoms with Crippen molar-refractivity contribution in [2.45, 2.75) is 18.8 Å². The summed E-state index contributed by atoms with van der Waals surface area (Å²) in [4.78, 5) is 0. The van der Waals surface area contributed by atoms with Gasteiger partial charge in [0, 0.05) is 21.8 Å². The lowest BCUT2D eigenvalue weighted by molar-refractivity contribution is 0.353. The molecule has 2 aromatic rings. The fourth-order valence-electron chi connectivity index (χ4n) is 2.82. The van der Waals surface area contributed by atoms with E-state index in [-0.39, 0.29) is 0 Å². The molecule has 0 saturated heterocycles. The second kappa shape index (κ2) is 6.60. The van der Waals surface area contributed by atoms with E-state index in [9.17, 15) is 0 Å². The van der Waals surface area contributed by atoms with E-state index in [4.69, 9.17) is 27.9 Å². The van der Waals surface area contributed by atoms with Crippen molar-refractivity contribution in [3.05, 3.63) is 63.1 Å². The van der Waals surface area contributed by atoms with Gasteiger partial charge in [-0.2, -0.15) is 0 Å². The van der Waals surface area contributed by atoms with Gasteiger partial charge in [-0.05, 0) is 47.2 Å². The lowest BCUT2D eigenvalue weighted by atomic mass is 9.92. The summed E-state index contributed by atoms with van der Waals surface area (Å²) >= 11 is 16.2. The Morgan fingerprint density at radius 3 is 2.76 bits per heavy atom. The highest BCUT2D eigenvalue weighted by molar-refractivity contribution is 9.09. The number of benzene rings is 2. The van der Waals surface area contributed by atoms with Gasteiger partial charge in [-0.1, -0.05) is 57.3 Å². The van der Waals surface area contributed by atoms with E-state index in [1.165, 1.54) is 11.1 Å². The van der Waals surface area contributed by atoms with Crippen molar-refractivity contribution in [1.82, 2.24) is 0 Å². The Kier molecular flexibility index (Phi) is 4.78. The summed E-state index contributed by atoms with van der Waals surface area (Å²) in [7, 11) is 0. The highest BCUT2D eigenvalue weighted by Gasteiger charge is 2.21. The lowest BCUT2D eigenvalue weighted by Gasteiger charge is -2.18. The number of hydrogen-bond acceptors (Lipinski definition) is 1. The molecule has 0 fully saturated rings. The lowest BCUT2D eigenvalue weighted by Crippen LogP contribution is -2.06. The fraction of sp³-hybridized carbons (Fsp3) is 0.294. The van der Waals surface area contributed by atoms with Crippen molar-refractivity contribution >= 4 is 39.1 Å². The first-order chi connectivity index (χ1) is 10.2. The molecule has 3 rings (SSSR count). The Hall–Kier alpha value is -0.700. The van der Waals surface area contributed by atoms with E-state index in [1.54, 1.807) is 0 Å². The molecule has 2 aromatic carbocycles. The normalized spacial score (nSPS) is 14.6. The second-order valence-electron chi connectivity index (χ2n) is 5.23. The first-order valence-electron chi connectivity index (χ1n) is 6.93. The smallest absolute Gasteiger partial charge is 0.125 e. The number of fused-ring (bicyclic) bond motifs is 1.